The number of hydrogen-bond donors (Lipinski definition) is 1. The Kier molecular flexibility index (Phi) is 4.18. The van der Waals surface area contributed by atoms with Crippen molar-refractivity contribution < 1.29 is 14.3 Å². The summed E-state index contributed by atoms with van der Waals surface area (Å²) < 4.78 is 10.3. The molecule has 1 unspecified atom stereocenters. The molecule has 13 heavy (non-hydrogen) atoms. The smallest absolute Gasteiger partial charge is 0.322 e. The number of esters is 1. The molecular weight excluding hydrogens is 170 g/mol. The maximum absolute atomic E-state index is 11.1. The first-order valence-corrected chi connectivity index (χ1v) is 4.78. The van der Waals surface area contributed by atoms with E-state index in [-0.39, 0.29) is 12.1 Å². The summed E-state index contributed by atoms with van der Waals surface area (Å²) >= 11 is 0. The second-order valence-electron chi connectivity index (χ2n) is 3.28. The molecule has 1 fully saturated rings. The van der Waals surface area contributed by atoms with E-state index in [1.165, 1.54) is 0 Å². The van der Waals surface area contributed by atoms with Crippen molar-refractivity contribution in [2.45, 2.75) is 38.3 Å². The summed E-state index contributed by atoms with van der Waals surface area (Å²) in [6.07, 6.45) is 2.74. The van der Waals surface area contributed by atoms with Gasteiger partial charge in [0, 0.05) is 6.61 Å². The Hall–Kier alpha value is -0.610. The van der Waals surface area contributed by atoms with Crippen LogP contribution in [-0.4, -0.2) is 31.3 Å². The second kappa shape index (κ2) is 5.19. The van der Waals surface area contributed by atoms with Gasteiger partial charge in [-0.05, 0) is 19.3 Å². The van der Waals surface area contributed by atoms with Gasteiger partial charge in [0.2, 0.25) is 0 Å². The second-order valence-corrected chi connectivity index (χ2v) is 3.28. The van der Waals surface area contributed by atoms with Gasteiger partial charge in [0.15, 0.2) is 0 Å². The molecule has 0 amide bonds. The number of carbonyl (C=O) groups is 1. The molecule has 1 rings (SSSR count). The predicted octanol–water partition coefficient (Wildman–Crippen LogP) is 0.446. The van der Waals surface area contributed by atoms with Crippen LogP contribution in [-0.2, 0) is 14.3 Å². The van der Waals surface area contributed by atoms with Crippen molar-refractivity contribution in [2.24, 2.45) is 5.73 Å². The van der Waals surface area contributed by atoms with Crippen LogP contribution >= 0.6 is 0 Å². The molecule has 2 atom stereocenters. The van der Waals surface area contributed by atoms with Crippen molar-refractivity contribution in [1.82, 2.24) is 0 Å². The zero-order valence-electron chi connectivity index (χ0n) is 7.99. The van der Waals surface area contributed by atoms with Gasteiger partial charge in [0.25, 0.3) is 0 Å². The highest BCUT2D eigenvalue weighted by atomic mass is 16.6. The van der Waals surface area contributed by atoms with Crippen LogP contribution in [0.25, 0.3) is 0 Å². The zero-order valence-corrected chi connectivity index (χ0v) is 7.99. The Balaban J connectivity index is 2.13. The molecule has 76 valence electrons. The van der Waals surface area contributed by atoms with Gasteiger partial charge in [-0.25, -0.2) is 0 Å². The predicted molar refractivity (Wildman–Crippen MR) is 48.2 cm³/mol. The third-order valence-corrected chi connectivity index (χ3v) is 2.18. The molecule has 2 N–H and O–H groups in total. The van der Waals surface area contributed by atoms with Crippen LogP contribution in [0, 0.1) is 0 Å². The number of rotatable bonds is 4. The molecule has 4 heteroatoms. The Morgan fingerprint density at radius 1 is 1.77 bits per heavy atom. The lowest BCUT2D eigenvalue weighted by molar-refractivity contribution is -0.148. The van der Waals surface area contributed by atoms with Gasteiger partial charge < -0.3 is 15.2 Å². The molecule has 1 saturated heterocycles. The SMILES string of the molecule is CC[C@@H](N)C(=O)OCC1CCCO1. The molecular formula is C9H17NO3. The van der Waals surface area contributed by atoms with Gasteiger partial charge in [0.1, 0.15) is 12.6 Å². The summed E-state index contributed by atoms with van der Waals surface area (Å²) in [5.41, 5.74) is 5.49. The van der Waals surface area contributed by atoms with Crippen molar-refractivity contribution in [3.8, 4) is 0 Å². The van der Waals surface area contributed by atoms with E-state index in [4.69, 9.17) is 15.2 Å². The molecule has 0 aromatic rings. The average molecular weight is 187 g/mol. The fourth-order valence-corrected chi connectivity index (χ4v) is 1.22. The molecule has 0 spiro atoms. The third kappa shape index (κ3) is 3.32. The minimum Gasteiger partial charge on any atom is -0.462 e. The Bertz CT molecular complexity index is 166. The topological polar surface area (TPSA) is 61.6 Å². The van der Waals surface area contributed by atoms with Crippen LogP contribution < -0.4 is 5.73 Å². The summed E-state index contributed by atoms with van der Waals surface area (Å²) in [6, 6.07) is -0.485. The zero-order chi connectivity index (χ0) is 9.68. The molecule has 0 bridgehead atoms. The van der Waals surface area contributed by atoms with E-state index < -0.39 is 6.04 Å². The van der Waals surface area contributed by atoms with Crippen LogP contribution in [0.2, 0.25) is 0 Å². The first-order valence-electron chi connectivity index (χ1n) is 4.78. The summed E-state index contributed by atoms with van der Waals surface area (Å²) in [5, 5.41) is 0. The van der Waals surface area contributed by atoms with E-state index in [0.717, 1.165) is 19.4 Å². The van der Waals surface area contributed by atoms with Gasteiger partial charge in [-0.2, -0.15) is 0 Å². The first-order chi connectivity index (χ1) is 6.24. The number of carbonyl (C=O) groups excluding carboxylic acids is 1. The Labute approximate surface area is 78.4 Å². The first kappa shape index (κ1) is 10.5. The minimum absolute atomic E-state index is 0.0907. The lowest BCUT2D eigenvalue weighted by Crippen LogP contribution is -2.33. The molecule has 0 saturated carbocycles. The van der Waals surface area contributed by atoms with Gasteiger partial charge in [-0.3, -0.25) is 4.79 Å². The monoisotopic (exact) mass is 187 g/mol. The Morgan fingerprint density at radius 3 is 3.08 bits per heavy atom. The molecule has 1 aliphatic rings. The maximum atomic E-state index is 11.1. The van der Waals surface area contributed by atoms with Crippen molar-refractivity contribution in [2.75, 3.05) is 13.2 Å². The fourth-order valence-electron chi connectivity index (χ4n) is 1.22. The van der Waals surface area contributed by atoms with E-state index in [2.05, 4.69) is 0 Å². The quantitative estimate of drug-likeness (QED) is 0.649. The van der Waals surface area contributed by atoms with Crippen molar-refractivity contribution >= 4 is 5.97 Å². The molecule has 0 aromatic heterocycles. The van der Waals surface area contributed by atoms with Gasteiger partial charge >= 0.3 is 5.97 Å². The molecule has 0 radical (unpaired) electrons. The number of nitrogens with two attached hydrogens (primary N) is 1. The lowest BCUT2D eigenvalue weighted by Gasteiger charge is -2.12. The molecule has 1 aliphatic heterocycles. The fraction of sp³-hybridized carbons (Fsp3) is 0.889. The minimum atomic E-state index is -0.485. The summed E-state index contributed by atoms with van der Waals surface area (Å²) in [5.74, 6) is -0.321. The van der Waals surface area contributed by atoms with Crippen molar-refractivity contribution in [3.05, 3.63) is 0 Å². The normalized spacial score (nSPS) is 24.3. The van der Waals surface area contributed by atoms with E-state index in [1.807, 2.05) is 6.92 Å². The van der Waals surface area contributed by atoms with Gasteiger partial charge in [-0.15, -0.1) is 0 Å². The molecule has 4 nitrogen and oxygen atoms in total. The lowest BCUT2D eigenvalue weighted by atomic mass is 10.2. The van der Waals surface area contributed by atoms with E-state index in [9.17, 15) is 4.79 Å². The van der Waals surface area contributed by atoms with Crippen molar-refractivity contribution in [1.29, 1.82) is 0 Å². The van der Waals surface area contributed by atoms with Crippen LogP contribution in [0.15, 0.2) is 0 Å². The van der Waals surface area contributed by atoms with Crippen LogP contribution in [0.3, 0.4) is 0 Å². The van der Waals surface area contributed by atoms with E-state index in [1.54, 1.807) is 0 Å². The van der Waals surface area contributed by atoms with E-state index in [0.29, 0.717) is 13.0 Å². The van der Waals surface area contributed by atoms with Crippen LogP contribution in [0.5, 0.6) is 0 Å². The van der Waals surface area contributed by atoms with Crippen LogP contribution in [0.4, 0.5) is 0 Å². The molecule has 0 aliphatic carbocycles. The highest BCUT2D eigenvalue weighted by Crippen LogP contribution is 2.12. The van der Waals surface area contributed by atoms with E-state index >= 15 is 0 Å². The number of ether oxygens (including phenoxy) is 2. The average Bonchev–Trinajstić information content (AvgIpc) is 2.65. The molecule has 1 heterocycles. The standard InChI is InChI=1S/C9H17NO3/c1-2-8(10)9(11)13-6-7-4-3-5-12-7/h7-8H,2-6,10H2,1H3/t7?,8-/m1/s1. The third-order valence-electron chi connectivity index (χ3n) is 2.18. The van der Waals surface area contributed by atoms with Gasteiger partial charge in [-0.1, -0.05) is 6.92 Å². The summed E-state index contributed by atoms with van der Waals surface area (Å²) in [7, 11) is 0. The van der Waals surface area contributed by atoms with Crippen molar-refractivity contribution in [3.63, 3.8) is 0 Å². The maximum Gasteiger partial charge on any atom is 0.322 e. The Morgan fingerprint density at radius 2 is 2.54 bits per heavy atom. The molecule has 0 aromatic carbocycles. The highest BCUT2D eigenvalue weighted by Gasteiger charge is 2.19. The summed E-state index contributed by atoms with van der Waals surface area (Å²) in [4.78, 5) is 11.1. The van der Waals surface area contributed by atoms with Gasteiger partial charge in [0.05, 0.1) is 6.10 Å². The summed E-state index contributed by atoms with van der Waals surface area (Å²) in [6.45, 7) is 2.99. The highest BCUT2D eigenvalue weighted by molar-refractivity contribution is 5.75. The van der Waals surface area contributed by atoms with Crippen LogP contribution in [0.1, 0.15) is 26.2 Å². The largest absolute Gasteiger partial charge is 0.462 e. The number of hydrogen-bond acceptors (Lipinski definition) is 4.